The van der Waals surface area contributed by atoms with E-state index in [0.717, 1.165) is 5.69 Å². The van der Waals surface area contributed by atoms with Gasteiger partial charge in [-0.2, -0.15) is 10.1 Å². The van der Waals surface area contributed by atoms with Crippen molar-refractivity contribution in [2.75, 3.05) is 7.05 Å². The predicted octanol–water partition coefficient (Wildman–Crippen LogP) is 3.43. The van der Waals surface area contributed by atoms with E-state index >= 15 is 0 Å². The second-order valence-electron chi connectivity index (χ2n) is 6.79. The Bertz CT molecular complexity index is 995. The van der Waals surface area contributed by atoms with E-state index in [1.54, 1.807) is 11.0 Å². The van der Waals surface area contributed by atoms with Crippen LogP contribution in [0.25, 0.3) is 5.69 Å². The number of aromatic nitrogens is 5. The third-order valence-corrected chi connectivity index (χ3v) is 4.82. The molecule has 0 aliphatic carbocycles. The first kappa shape index (κ1) is 18.1. The minimum atomic E-state index is 0.203. The van der Waals surface area contributed by atoms with Crippen molar-refractivity contribution in [3.05, 3.63) is 90.1 Å². The molecule has 4 aromatic rings. The lowest BCUT2D eigenvalue weighted by atomic mass is 10.1. The van der Waals surface area contributed by atoms with E-state index in [4.69, 9.17) is 4.52 Å². The van der Waals surface area contributed by atoms with Crippen LogP contribution in [0.2, 0.25) is 0 Å². The molecule has 0 spiro atoms. The van der Waals surface area contributed by atoms with Crippen LogP contribution in [-0.4, -0.2) is 36.9 Å². The number of rotatable bonds is 7. The van der Waals surface area contributed by atoms with Crippen LogP contribution in [-0.2, 0) is 13.0 Å². The summed E-state index contributed by atoms with van der Waals surface area (Å²) in [6.45, 7) is 2.75. The van der Waals surface area contributed by atoms with Gasteiger partial charge in [-0.1, -0.05) is 47.6 Å². The third-order valence-electron chi connectivity index (χ3n) is 4.82. The molecule has 0 N–H and O–H groups in total. The van der Waals surface area contributed by atoms with Crippen molar-refractivity contribution in [2.45, 2.75) is 25.9 Å². The Hall–Kier alpha value is -3.32. The molecular weight excluding hydrogens is 352 g/mol. The average molecular weight is 374 g/mol. The van der Waals surface area contributed by atoms with Gasteiger partial charge in [0.2, 0.25) is 5.89 Å². The smallest absolute Gasteiger partial charge is 0.240 e. The number of nitrogens with zero attached hydrogens (tertiary/aromatic N) is 6. The van der Waals surface area contributed by atoms with Crippen molar-refractivity contribution >= 4 is 0 Å². The molecule has 2 aromatic carbocycles. The van der Waals surface area contributed by atoms with E-state index in [1.807, 2.05) is 30.3 Å². The second kappa shape index (κ2) is 8.14. The molecular formula is C21H22N6O. The Morgan fingerprint density at radius 3 is 2.57 bits per heavy atom. The lowest BCUT2D eigenvalue weighted by Gasteiger charge is -2.23. The van der Waals surface area contributed by atoms with Crippen molar-refractivity contribution in [1.29, 1.82) is 0 Å². The Balaban J connectivity index is 1.38. The highest BCUT2D eigenvalue weighted by Crippen LogP contribution is 2.21. The van der Waals surface area contributed by atoms with Gasteiger partial charge in [0.15, 0.2) is 5.82 Å². The Morgan fingerprint density at radius 2 is 1.86 bits per heavy atom. The van der Waals surface area contributed by atoms with Gasteiger partial charge in [-0.25, -0.2) is 9.67 Å². The molecule has 7 nitrogen and oxygen atoms in total. The zero-order chi connectivity index (χ0) is 19.3. The van der Waals surface area contributed by atoms with Gasteiger partial charge < -0.3 is 4.52 Å². The van der Waals surface area contributed by atoms with E-state index in [9.17, 15) is 0 Å². The molecule has 142 valence electrons. The summed E-state index contributed by atoms with van der Waals surface area (Å²) in [5.41, 5.74) is 3.36. The Kier molecular flexibility index (Phi) is 5.25. The minimum Gasteiger partial charge on any atom is -0.338 e. The van der Waals surface area contributed by atoms with Gasteiger partial charge in [0.25, 0.3) is 0 Å². The normalized spacial score (nSPS) is 12.4. The third kappa shape index (κ3) is 4.15. The van der Waals surface area contributed by atoms with E-state index in [1.165, 1.54) is 17.5 Å². The van der Waals surface area contributed by atoms with Crippen molar-refractivity contribution < 1.29 is 4.52 Å². The molecule has 4 rings (SSSR count). The van der Waals surface area contributed by atoms with E-state index in [2.05, 4.69) is 63.4 Å². The van der Waals surface area contributed by atoms with Gasteiger partial charge in [-0.15, -0.1) is 0 Å². The molecule has 0 bridgehead atoms. The summed E-state index contributed by atoms with van der Waals surface area (Å²) >= 11 is 0. The maximum atomic E-state index is 5.44. The maximum Gasteiger partial charge on any atom is 0.240 e. The summed E-state index contributed by atoms with van der Waals surface area (Å²) in [6, 6.07) is 18.6. The zero-order valence-electron chi connectivity index (χ0n) is 15.9. The standard InChI is InChI=1S/C21H22N6O/c1-16(18-8-10-19(11-9-18)27-15-22-14-23-27)26(2)13-21-24-20(25-28-21)12-17-6-4-3-5-7-17/h3-11,14-16H,12-13H2,1-2H3. The summed E-state index contributed by atoms with van der Waals surface area (Å²) < 4.78 is 7.18. The topological polar surface area (TPSA) is 72.9 Å². The number of hydrogen-bond donors (Lipinski definition) is 0. The molecule has 0 radical (unpaired) electrons. The van der Waals surface area contributed by atoms with E-state index < -0.39 is 0 Å². The van der Waals surface area contributed by atoms with Crippen LogP contribution >= 0.6 is 0 Å². The van der Waals surface area contributed by atoms with Crippen LogP contribution < -0.4 is 0 Å². The molecule has 0 fully saturated rings. The minimum absolute atomic E-state index is 0.203. The lowest BCUT2D eigenvalue weighted by molar-refractivity contribution is 0.216. The fourth-order valence-electron chi connectivity index (χ4n) is 3.06. The SMILES string of the molecule is CC(c1ccc(-n2cncn2)cc1)N(C)Cc1nc(Cc2ccccc2)no1. The molecule has 2 aromatic heterocycles. The highest BCUT2D eigenvalue weighted by molar-refractivity contribution is 5.34. The molecule has 1 atom stereocenters. The zero-order valence-corrected chi connectivity index (χ0v) is 15.9. The first-order valence-corrected chi connectivity index (χ1v) is 9.19. The van der Waals surface area contributed by atoms with Gasteiger partial charge in [-0.05, 0) is 37.2 Å². The number of hydrogen-bond acceptors (Lipinski definition) is 6. The molecule has 0 saturated heterocycles. The molecule has 0 aliphatic rings. The second-order valence-corrected chi connectivity index (χ2v) is 6.79. The first-order chi connectivity index (χ1) is 13.7. The summed E-state index contributed by atoms with van der Waals surface area (Å²) in [7, 11) is 2.05. The highest BCUT2D eigenvalue weighted by atomic mass is 16.5. The fraction of sp³-hybridized carbons (Fsp3) is 0.238. The monoisotopic (exact) mass is 374 g/mol. The largest absolute Gasteiger partial charge is 0.338 e. The number of benzene rings is 2. The van der Waals surface area contributed by atoms with Crippen LogP contribution in [0.1, 0.15) is 35.8 Å². The van der Waals surface area contributed by atoms with Crippen LogP contribution in [0.3, 0.4) is 0 Å². The van der Waals surface area contributed by atoms with Crippen LogP contribution in [0.15, 0.2) is 71.8 Å². The molecule has 28 heavy (non-hydrogen) atoms. The van der Waals surface area contributed by atoms with Crippen molar-refractivity contribution in [3.63, 3.8) is 0 Å². The highest BCUT2D eigenvalue weighted by Gasteiger charge is 2.16. The molecule has 0 saturated carbocycles. The average Bonchev–Trinajstić information content (AvgIpc) is 3.41. The first-order valence-electron chi connectivity index (χ1n) is 9.19. The summed E-state index contributed by atoms with van der Waals surface area (Å²) in [5.74, 6) is 1.33. The summed E-state index contributed by atoms with van der Waals surface area (Å²) in [5, 5.41) is 8.26. The van der Waals surface area contributed by atoms with E-state index in [0.29, 0.717) is 24.7 Å². The van der Waals surface area contributed by atoms with Gasteiger partial charge >= 0.3 is 0 Å². The van der Waals surface area contributed by atoms with Gasteiger partial charge in [-0.3, -0.25) is 4.90 Å². The Morgan fingerprint density at radius 1 is 1.07 bits per heavy atom. The van der Waals surface area contributed by atoms with Gasteiger partial charge in [0.05, 0.1) is 12.2 Å². The molecule has 2 heterocycles. The van der Waals surface area contributed by atoms with Crippen LogP contribution in [0.4, 0.5) is 0 Å². The molecule has 1 unspecified atom stereocenters. The molecule has 0 amide bonds. The van der Waals surface area contributed by atoms with Crippen molar-refractivity contribution in [2.24, 2.45) is 0 Å². The van der Waals surface area contributed by atoms with Gasteiger partial charge in [0, 0.05) is 12.5 Å². The predicted molar refractivity (Wildman–Crippen MR) is 105 cm³/mol. The Labute approximate surface area is 163 Å². The van der Waals surface area contributed by atoms with Crippen LogP contribution in [0, 0.1) is 0 Å². The lowest BCUT2D eigenvalue weighted by Crippen LogP contribution is -2.22. The van der Waals surface area contributed by atoms with Gasteiger partial charge in [0.1, 0.15) is 12.7 Å². The fourth-order valence-corrected chi connectivity index (χ4v) is 3.06. The quantitative estimate of drug-likeness (QED) is 0.493. The van der Waals surface area contributed by atoms with Crippen LogP contribution in [0.5, 0.6) is 0 Å². The molecule has 0 aliphatic heterocycles. The summed E-state index contributed by atoms with van der Waals surface area (Å²) in [6.07, 6.45) is 3.89. The maximum absolute atomic E-state index is 5.44. The van der Waals surface area contributed by atoms with Crippen molar-refractivity contribution in [1.82, 2.24) is 29.8 Å². The van der Waals surface area contributed by atoms with Crippen molar-refractivity contribution in [3.8, 4) is 5.69 Å². The molecule has 7 heteroatoms. The summed E-state index contributed by atoms with van der Waals surface area (Å²) in [4.78, 5) is 10.7. The van der Waals surface area contributed by atoms with E-state index in [-0.39, 0.29) is 6.04 Å².